The summed E-state index contributed by atoms with van der Waals surface area (Å²) < 4.78 is 28.9. The topological polar surface area (TPSA) is 26.3 Å². The van der Waals surface area contributed by atoms with Crippen molar-refractivity contribution in [2.75, 3.05) is 6.61 Å². The Labute approximate surface area is 63.8 Å². The molecule has 0 aromatic carbocycles. The van der Waals surface area contributed by atoms with E-state index < -0.39 is 18.3 Å². The van der Waals surface area contributed by atoms with E-state index in [2.05, 4.69) is 11.3 Å². The van der Waals surface area contributed by atoms with E-state index in [1.54, 1.807) is 0 Å². The number of hydrogen-bond acceptors (Lipinski definition) is 2. The highest BCUT2D eigenvalue weighted by Gasteiger charge is 2.37. The molecule has 0 fully saturated rings. The molecule has 0 aliphatic rings. The van der Waals surface area contributed by atoms with Gasteiger partial charge in [0.15, 0.2) is 0 Å². The Hall–Kier alpha value is -0.930. The molecule has 0 N–H and O–H groups in total. The molecule has 0 aromatic heterocycles. The lowest BCUT2D eigenvalue weighted by molar-refractivity contribution is -0.170. The van der Waals surface area contributed by atoms with Crippen LogP contribution >= 0.6 is 0 Å². The standard InChI is InChI=1S/C7H10F2O2/c1-3-5-11-6(10)7(8,9)4-2/h3H,1,4-5H2,2H3. The predicted molar refractivity (Wildman–Crippen MR) is 36.4 cm³/mol. The van der Waals surface area contributed by atoms with Crippen molar-refractivity contribution in [2.45, 2.75) is 19.3 Å². The van der Waals surface area contributed by atoms with Crippen LogP contribution in [0.3, 0.4) is 0 Å². The van der Waals surface area contributed by atoms with Crippen molar-refractivity contribution in [1.82, 2.24) is 0 Å². The summed E-state index contributed by atoms with van der Waals surface area (Å²) in [6, 6.07) is 0. The van der Waals surface area contributed by atoms with Gasteiger partial charge in [0, 0.05) is 6.42 Å². The third kappa shape index (κ3) is 3.11. The molecule has 0 saturated carbocycles. The Balaban J connectivity index is 3.91. The van der Waals surface area contributed by atoms with Crippen LogP contribution in [0.15, 0.2) is 12.7 Å². The molecular weight excluding hydrogens is 154 g/mol. The van der Waals surface area contributed by atoms with Crippen LogP contribution in [0.5, 0.6) is 0 Å². The summed E-state index contributed by atoms with van der Waals surface area (Å²) >= 11 is 0. The molecular formula is C7H10F2O2. The third-order valence-electron chi connectivity index (χ3n) is 1.07. The van der Waals surface area contributed by atoms with E-state index in [4.69, 9.17) is 0 Å². The fourth-order valence-electron chi connectivity index (χ4n) is 0.385. The molecule has 0 rings (SSSR count). The Bertz CT molecular complexity index is 155. The van der Waals surface area contributed by atoms with Crippen LogP contribution in [0, 0.1) is 0 Å². The van der Waals surface area contributed by atoms with Gasteiger partial charge in [-0.2, -0.15) is 8.78 Å². The summed E-state index contributed by atoms with van der Waals surface area (Å²) in [6.07, 6.45) is 0.701. The molecule has 0 radical (unpaired) electrons. The molecule has 0 aliphatic heterocycles. The lowest BCUT2D eigenvalue weighted by Gasteiger charge is -2.11. The van der Waals surface area contributed by atoms with E-state index in [-0.39, 0.29) is 6.61 Å². The second-order valence-corrected chi connectivity index (χ2v) is 1.95. The first-order chi connectivity index (χ1) is 5.04. The zero-order chi connectivity index (χ0) is 8.91. The third-order valence-corrected chi connectivity index (χ3v) is 1.07. The van der Waals surface area contributed by atoms with Gasteiger partial charge in [-0.05, 0) is 0 Å². The quantitative estimate of drug-likeness (QED) is 0.467. The highest BCUT2D eigenvalue weighted by Crippen LogP contribution is 2.19. The van der Waals surface area contributed by atoms with Gasteiger partial charge in [0.2, 0.25) is 0 Å². The highest BCUT2D eigenvalue weighted by atomic mass is 19.3. The van der Waals surface area contributed by atoms with E-state index in [1.165, 1.54) is 13.0 Å². The highest BCUT2D eigenvalue weighted by molar-refractivity contribution is 5.77. The van der Waals surface area contributed by atoms with Crippen LogP contribution in [0.2, 0.25) is 0 Å². The average molecular weight is 164 g/mol. The molecule has 11 heavy (non-hydrogen) atoms. The van der Waals surface area contributed by atoms with Crippen LogP contribution < -0.4 is 0 Å². The first kappa shape index (κ1) is 10.1. The van der Waals surface area contributed by atoms with Gasteiger partial charge in [-0.1, -0.05) is 19.6 Å². The molecule has 0 amide bonds. The summed E-state index contributed by atoms with van der Waals surface area (Å²) in [4.78, 5) is 10.4. The average Bonchev–Trinajstić information content (AvgIpc) is 2.00. The van der Waals surface area contributed by atoms with E-state index in [9.17, 15) is 13.6 Å². The van der Waals surface area contributed by atoms with Crippen molar-refractivity contribution < 1.29 is 18.3 Å². The zero-order valence-corrected chi connectivity index (χ0v) is 6.27. The maximum Gasteiger partial charge on any atom is 0.377 e. The lowest BCUT2D eigenvalue weighted by atomic mass is 10.3. The first-order valence-corrected chi connectivity index (χ1v) is 3.20. The molecule has 2 nitrogen and oxygen atoms in total. The van der Waals surface area contributed by atoms with Gasteiger partial charge in [-0.25, -0.2) is 4.79 Å². The minimum atomic E-state index is -3.36. The first-order valence-electron chi connectivity index (χ1n) is 3.20. The van der Waals surface area contributed by atoms with Crippen molar-refractivity contribution in [3.8, 4) is 0 Å². The largest absolute Gasteiger partial charge is 0.457 e. The normalized spacial score (nSPS) is 10.8. The van der Waals surface area contributed by atoms with Crippen LogP contribution in [-0.2, 0) is 9.53 Å². The fraction of sp³-hybridized carbons (Fsp3) is 0.571. The number of hydrogen-bond donors (Lipinski definition) is 0. The van der Waals surface area contributed by atoms with Crippen LogP contribution in [0.1, 0.15) is 13.3 Å². The second kappa shape index (κ2) is 4.05. The molecule has 0 spiro atoms. The van der Waals surface area contributed by atoms with Crippen LogP contribution in [0.4, 0.5) is 8.78 Å². The number of esters is 1. The molecule has 0 unspecified atom stereocenters. The fourth-order valence-corrected chi connectivity index (χ4v) is 0.385. The van der Waals surface area contributed by atoms with E-state index in [0.29, 0.717) is 0 Å². The summed E-state index contributed by atoms with van der Waals surface area (Å²) in [5.41, 5.74) is 0. The predicted octanol–water partition coefficient (Wildman–Crippen LogP) is 1.76. The van der Waals surface area contributed by atoms with Crippen molar-refractivity contribution in [2.24, 2.45) is 0 Å². The molecule has 0 atom stereocenters. The number of ether oxygens (including phenoxy) is 1. The van der Waals surface area contributed by atoms with E-state index in [1.807, 2.05) is 0 Å². The molecule has 0 aromatic rings. The monoisotopic (exact) mass is 164 g/mol. The zero-order valence-electron chi connectivity index (χ0n) is 6.27. The summed E-state index contributed by atoms with van der Waals surface area (Å²) in [5.74, 6) is -4.84. The Morgan fingerprint density at radius 1 is 1.73 bits per heavy atom. The summed E-state index contributed by atoms with van der Waals surface area (Å²) in [5, 5.41) is 0. The van der Waals surface area contributed by atoms with Gasteiger partial charge in [-0.3, -0.25) is 0 Å². The van der Waals surface area contributed by atoms with Crippen molar-refractivity contribution in [3.05, 3.63) is 12.7 Å². The Morgan fingerprint density at radius 3 is 2.64 bits per heavy atom. The van der Waals surface area contributed by atoms with Gasteiger partial charge >= 0.3 is 11.9 Å². The Kier molecular flexibility index (Phi) is 3.71. The van der Waals surface area contributed by atoms with Gasteiger partial charge in [-0.15, -0.1) is 0 Å². The van der Waals surface area contributed by atoms with Gasteiger partial charge in [0.05, 0.1) is 0 Å². The molecule has 0 heterocycles. The van der Waals surface area contributed by atoms with Gasteiger partial charge in [0.25, 0.3) is 0 Å². The van der Waals surface area contributed by atoms with Gasteiger partial charge < -0.3 is 4.74 Å². The molecule has 0 saturated heterocycles. The second-order valence-electron chi connectivity index (χ2n) is 1.95. The number of carbonyl (C=O) groups excluding carboxylic acids is 1. The number of carbonyl (C=O) groups is 1. The maximum absolute atomic E-state index is 12.4. The number of halogens is 2. The summed E-state index contributed by atoms with van der Waals surface area (Å²) in [6.45, 7) is 4.26. The molecule has 0 bridgehead atoms. The van der Waals surface area contributed by atoms with Crippen molar-refractivity contribution in [1.29, 1.82) is 0 Å². The number of rotatable bonds is 4. The van der Waals surface area contributed by atoms with Crippen molar-refractivity contribution in [3.63, 3.8) is 0 Å². The van der Waals surface area contributed by atoms with Crippen LogP contribution in [0.25, 0.3) is 0 Å². The van der Waals surface area contributed by atoms with Crippen LogP contribution in [-0.4, -0.2) is 18.5 Å². The van der Waals surface area contributed by atoms with E-state index >= 15 is 0 Å². The minimum Gasteiger partial charge on any atom is -0.457 e. The molecule has 0 aliphatic carbocycles. The minimum absolute atomic E-state index is 0.172. The van der Waals surface area contributed by atoms with Crippen molar-refractivity contribution >= 4 is 5.97 Å². The summed E-state index contributed by atoms with van der Waals surface area (Å²) in [7, 11) is 0. The Morgan fingerprint density at radius 2 is 2.27 bits per heavy atom. The lowest BCUT2D eigenvalue weighted by Crippen LogP contribution is -2.29. The van der Waals surface area contributed by atoms with E-state index in [0.717, 1.165) is 0 Å². The van der Waals surface area contributed by atoms with Gasteiger partial charge in [0.1, 0.15) is 6.61 Å². The molecule has 4 heteroatoms. The SMILES string of the molecule is C=CCOC(=O)C(F)(F)CC. The molecule has 64 valence electrons. The smallest absolute Gasteiger partial charge is 0.377 e. The number of alkyl halides is 2. The maximum atomic E-state index is 12.4.